The maximum atomic E-state index is 13.4. The van der Waals surface area contributed by atoms with Gasteiger partial charge in [-0.05, 0) is 43.3 Å². The minimum atomic E-state index is -0.422. The summed E-state index contributed by atoms with van der Waals surface area (Å²) in [7, 11) is 0. The normalized spacial score (nSPS) is 18.0. The van der Waals surface area contributed by atoms with Crippen LogP contribution < -0.4 is 10.2 Å². The van der Waals surface area contributed by atoms with Crippen LogP contribution in [-0.2, 0) is 0 Å². The standard InChI is InChI=1S/C15H14Cl2FN3/c16-10-1-4-15(20-8-10)21(12-5-6-19-9-12)11-2-3-14(18)13(17)7-11/h1-4,7-8,12,19H,5-6,9H2/t12-/m0/s1. The van der Waals surface area contributed by atoms with Crippen molar-refractivity contribution in [1.82, 2.24) is 10.3 Å². The lowest BCUT2D eigenvalue weighted by molar-refractivity contribution is 0.627. The minimum absolute atomic E-state index is 0.109. The number of nitrogens with zero attached hydrogens (tertiary/aromatic N) is 2. The van der Waals surface area contributed by atoms with E-state index in [0.717, 1.165) is 31.0 Å². The summed E-state index contributed by atoms with van der Waals surface area (Å²) in [5.41, 5.74) is 0.824. The third kappa shape index (κ3) is 3.12. The van der Waals surface area contributed by atoms with E-state index in [1.165, 1.54) is 6.07 Å². The van der Waals surface area contributed by atoms with Gasteiger partial charge in [0.05, 0.1) is 10.0 Å². The summed E-state index contributed by atoms with van der Waals surface area (Å²) in [6.07, 6.45) is 2.59. The molecule has 0 amide bonds. The maximum Gasteiger partial charge on any atom is 0.141 e. The third-order valence-corrected chi connectivity index (χ3v) is 4.05. The highest BCUT2D eigenvalue weighted by Gasteiger charge is 2.25. The molecule has 110 valence electrons. The molecule has 0 bridgehead atoms. The van der Waals surface area contributed by atoms with Crippen LogP contribution in [0.2, 0.25) is 10.0 Å². The summed E-state index contributed by atoms with van der Waals surface area (Å²) >= 11 is 11.8. The van der Waals surface area contributed by atoms with Crippen molar-refractivity contribution in [3.63, 3.8) is 0 Å². The summed E-state index contributed by atoms with van der Waals surface area (Å²) in [5.74, 6) is 0.352. The van der Waals surface area contributed by atoms with Gasteiger partial charge in [0.15, 0.2) is 0 Å². The fraction of sp³-hybridized carbons (Fsp3) is 0.267. The molecule has 0 unspecified atom stereocenters. The van der Waals surface area contributed by atoms with Crippen LogP contribution in [0.4, 0.5) is 15.9 Å². The molecule has 2 heterocycles. The lowest BCUT2D eigenvalue weighted by Gasteiger charge is -2.30. The Hall–Kier alpha value is -1.36. The predicted molar refractivity (Wildman–Crippen MR) is 84.1 cm³/mol. The number of benzene rings is 1. The van der Waals surface area contributed by atoms with Gasteiger partial charge in [0, 0.05) is 24.5 Å². The SMILES string of the molecule is Fc1ccc(N(c2ccc(Cl)cn2)[C@H]2CCNC2)cc1Cl. The molecule has 3 rings (SSSR count). The van der Waals surface area contributed by atoms with Crippen LogP contribution in [0.15, 0.2) is 36.5 Å². The van der Waals surface area contributed by atoms with Crippen LogP contribution in [0, 0.1) is 5.82 Å². The van der Waals surface area contributed by atoms with Crippen molar-refractivity contribution >= 4 is 34.7 Å². The van der Waals surface area contributed by atoms with Crippen molar-refractivity contribution in [2.75, 3.05) is 18.0 Å². The van der Waals surface area contributed by atoms with Gasteiger partial charge in [0.25, 0.3) is 0 Å². The number of aromatic nitrogens is 1. The lowest BCUT2D eigenvalue weighted by Crippen LogP contribution is -2.33. The summed E-state index contributed by atoms with van der Waals surface area (Å²) < 4.78 is 13.4. The largest absolute Gasteiger partial charge is 0.322 e. The van der Waals surface area contributed by atoms with Crippen LogP contribution in [-0.4, -0.2) is 24.1 Å². The van der Waals surface area contributed by atoms with Crippen molar-refractivity contribution < 1.29 is 4.39 Å². The maximum absolute atomic E-state index is 13.4. The first kappa shape index (κ1) is 14.6. The summed E-state index contributed by atoms with van der Waals surface area (Å²) in [6.45, 7) is 1.79. The summed E-state index contributed by atoms with van der Waals surface area (Å²) in [5, 5.41) is 4.02. The van der Waals surface area contributed by atoms with Crippen LogP contribution >= 0.6 is 23.2 Å². The van der Waals surface area contributed by atoms with E-state index < -0.39 is 5.82 Å². The molecule has 6 heteroatoms. The smallest absolute Gasteiger partial charge is 0.141 e. The Kier molecular flexibility index (Phi) is 4.29. The average molecular weight is 326 g/mol. The quantitative estimate of drug-likeness (QED) is 0.923. The molecule has 1 aliphatic rings. The average Bonchev–Trinajstić information content (AvgIpc) is 2.99. The Morgan fingerprint density at radius 2 is 2.10 bits per heavy atom. The molecule has 0 spiro atoms. The number of rotatable bonds is 3. The van der Waals surface area contributed by atoms with Crippen LogP contribution in [0.3, 0.4) is 0 Å². The Morgan fingerprint density at radius 3 is 2.71 bits per heavy atom. The van der Waals surface area contributed by atoms with Crippen LogP contribution in [0.5, 0.6) is 0 Å². The first-order valence-corrected chi connectivity index (χ1v) is 7.47. The first-order valence-electron chi connectivity index (χ1n) is 6.72. The number of hydrogen-bond acceptors (Lipinski definition) is 3. The molecular formula is C15H14Cl2FN3. The van der Waals surface area contributed by atoms with E-state index in [0.29, 0.717) is 5.02 Å². The number of hydrogen-bond donors (Lipinski definition) is 1. The van der Waals surface area contributed by atoms with Crippen molar-refractivity contribution in [3.8, 4) is 0 Å². The number of pyridine rings is 1. The van der Waals surface area contributed by atoms with Gasteiger partial charge in [-0.25, -0.2) is 9.37 Å². The molecule has 1 N–H and O–H groups in total. The van der Waals surface area contributed by atoms with Crippen LogP contribution in [0.25, 0.3) is 0 Å². The fourth-order valence-electron chi connectivity index (χ4n) is 2.54. The second kappa shape index (κ2) is 6.18. The third-order valence-electron chi connectivity index (χ3n) is 3.54. The highest BCUT2D eigenvalue weighted by atomic mass is 35.5. The van der Waals surface area contributed by atoms with Crippen molar-refractivity contribution in [1.29, 1.82) is 0 Å². The molecule has 1 fully saturated rings. The van der Waals surface area contributed by atoms with E-state index >= 15 is 0 Å². The van der Waals surface area contributed by atoms with Gasteiger partial charge < -0.3 is 10.2 Å². The molecule has 0 aliphatic carbocycles. The number of nitrogens with one attached hydrogen (secondary N) is 1. The van der Waals surface area contributed by atoms with Crippen molar-refractivity contribution in [2.45, 2.75) is 12.5 Å². The molecule has 0 radical (unpaired) electrons. The molecule has 3 nitrogen and oxygen atoms in total. The Labute approximate surface area is 132 Å². The zero-order chi connectivity index (χ0) is 14.8. The number of halogens is 3. The summed E-state index contributed by atoms with van der Waals surface area (Å²) in [6, 6.07) is 8.63. The Balaban J connectivity index is 2.02. The molecule has 1 saturated heterocycles. The fourth-order valence-corrected chi connectivity index (χ4v) is 2.82. The van der Waals surface area contributed by atoms with Crippen LogP contribution in [0.1, 0.15) is 6.42 Å². The van der Waals surface area contributed by atoms with Gasteiger partial charge in [-0.1, -0.05) is 23.2 Å². The highest BCUT2D eigenvalue weighted by molar-refractivity contribution is 6.31. The topological polar surface area (TPSA) is 28.2 Å². The molecule has 1 aromatic heterocycles. The van der Waals surface area contributed by atoms with Gasteiger partial charge in [-0.2, -0.15) is 0 Å². The second-order valence-electron chi connectivity index (χ2n) is 4.95. The van der Waals surface area contributed by atoms with Gasteiger partial charge in [-0.3, -0.25) is 0 Å². The molecular weight excluding hydrogens is 312 g/mol. The number of anilines is 2. The van der Waals surface area contributed by atoms with E-state index in [2.05, 4.69) is 15.2 Å². The molecule has 1 aliphatic heterocycles. The van der Waals surface area contributed by atoms with E-state index in [9.17, 15) is 4.39 Å². The monoisotopic (exact) mass is 325 g/mol. The van der Waals surface area contributed by atoms with Crippen molar-refractivity contribution in [3.05, 3.63) is 52.4 Å². The van der Waals surface area contributed by atoms with E-state index in [1.54, 1.807) is 24.4 Å². The predicted octanol–water partition coefficient (Wildman–Crippen LogP) is 4.03. The molecule has 2 aromatic rings. The molecule has 0 saturated carbocycles. The molecule has 1 atom stereocenters. The Morgan fingerprint density at radius 1 is 1.24 bits per heavy atom. The van der Waals surface area contributed by atoms with E-state index in [1.807, 2.05) is 6.07 Å². The highest BCUT2D eigenvalue weighted by Crippen LogP contribution is 2.31. The Bertz CT molecular complexity index is 627. The van der Waals surface area contributed by atoms with Gasteiger partial charge in [0.2, 0.25) is 0 Å². The van der Waals surface area contributed by atoms with Gasteiger partial charge >= 0.3 is 0 Å². The first-order chi connectivity index (χ1) is 10.1. The van der Waals surface area contributed by atoms with E-state index in [4.69, 9.17) is 23.2 Å². The second-order valence-corrected chi connectivity index (χ2v) is 5.79. The van der Waals surface area contributed by atoms with Gasteiger partial charge in [0.1, 0.15) is 11.6 Å². The van der Waals surface area contributed by atoms with Gasteiger partial charge in [-0.15, -0.1) is 0 Å². The van der Waals surface area contributed by atoms with E-state index in [-0.39, 0.29) is 11.1 Å². The minimum Gasteiger partial charge on any atom is -0.322 e. The summed E-state index contributed by atoms with van der Waals surface area (Å²) in [4.78, 5) is 6.45. The lowest BCUT2D eigenvalue weighted by atomic mass is 10.1. The molecule has 1 aromatic carbocycles. The zero-order valence-electron chi connectivity index (χ0n) is 11.2. The van der Waals surface area contributed by atoms with Crippen molar-refractivity contribution in [2.24, 2.45) is 0 Å². The zero-order valence-corrected chi connectivity index (χ0v) is 12.7. The molecule has 21 heavy (non-hydrogen) atoms.